The second kappa shape index (κ2) is 4.39. The van der Waals surface area contributed by atoms with Crippen molar-refractivity contribution < 1.29 is 0 Å². The summed E-state index contributed by atoms with van der Waals surface area (Å²) in [7, 11) is 1.98. The minimum absolute atomic E-state index is 0.725. The van der Waals surface area contributed by atoms with Gasteiger partial charge in [-0.3, -0.25) is 0 Å². The molecule has 0 aliphatic rings. The van der Waals surface area contributed by atoms with Crippen LogP contribution in [0.3, 0.4) is 0 Å². The standard InChI is InChI=1S/C9H13N5S/c1-3-10-9-7(12-15-13-9)6-8-11-4-5-14(8)2/h4-5H,3,6H2,1-2H3,(H,10,13). The third-order valence-corrected chi connectivity index (χ3v) is 2.71. The van der Waals surface area contributed by atoms with Crippen molar-refractivity contribution in [3.05, 3.63) is 23.9 Å². The molecule has 0 aliphatic heterocycles. The Morgan fingerprint density at radius 3 is 3.00 bits per heavy atom. The van der Waals surface area contributed by atoms with Gasteiger partial charge in [-0.2, -0.15) is 8.75 Å². The summed E-state index contributed by atoms with van der Waals surface area (Å²) >= 11 is 1.23. The number of aromatic nitrogens is 4. The largest absolute Gasteiger partial charge is 0.368 e. The van der Waals surface area contributed by atoms with Gasteiger partial charge in [-0.25, -0.2) is 4.98 Å². The summed E-state index contributed by atoms with van der Waals surface area (Å²) in [4.78, 5) is 4.26. The summed E-state index contributed by atoms with van der Waals surface area (Å²) in [5, 5.41) is 3.19. The van der Waals surface area contributed by atoms with E-state index < -0.39 is 0 Å². The molecule has 5 nitrogen and oxygen atoms in total. The van der Waals surface area contributed by atoms with Gasteiger partial charge in [-0.05, 0) is 6.92 Å². The smallest absolute Gasteiger partial charge is 0.163 e. The van der Waals surface area contributed by atoms with Crippen LogP contribution in [0, 0.1) is 0 Å². The second-order valence-corrected chi connectivity index (χ2v) is 3.75. The first-order chi connectivity index (χ1) is 7.31. The molecule has 0 bridgehead atoms. The molecule has 1 N–H and O–H groups in total. The summed E-state index contributed by atoms with van der Waals surface area (Å²) in [6.07, 6.45) is 4.45. The molecule has 0 radical (unpaired) electrons. The SMILES string of the molecule is CCNc1nsnc1Cc1nccn1C. The van der Waals surface area contributed by atoms with Crippen molar-refractivity contribution in [1.82, 2.24) is 18.3 Å². The summed E-state index contributed by atoms with van der Waals surface area (Å²) in [5.74, 6) is 1.88. The molecule has 0 spiro atoms. The van der Waals surface area contributed by atoms with E-state index in [1.54, 1.807) is 6.20 Å². The molecule has 0 aliphatic carbocycles. The minimum Gasteiger partial charge on any atom is -0.368 e. The third-order valence-electron chi connectivity index (χ3n) is 2.15. The maximum absolute atomic E-state index is 4.27. The van der Waals surface area contributed by atoms with E-state index in [0.717, 1.165) is 30.3 Å². The lowest BCUT2D eigenvalue weighted by atomic mass is 10.3. The van der Waals surface area contributed by atoms with E-state index in [9.17, 15) is 0 Å². The van der Waals surface area contributed by atoms with Gasteiger partial charge in [0.2, 0.25) is 0 Å². The molecule has 80 valence electrons. The Hall–Kier alpha value is -1.43. The van der Waals surface area contributed by atoms with Gasteiger partial charge in [0, 0.05) is 26.0 Å². The van der Waals surface area contributed by atoms with Crippen LogP contribution in [0.25, 0.3) is 0 Å². The highest BCUT2D eigenvalue weighted by Crippen LogP contribution is 2.15. The Balaban J connectivity index is 2.17. The highest BCUT2D eigenvalue weighted by atomic mass is 32.1. The number of nitrogens with one attached hydrogen (secondary N) is 1. The molecule has 6 heteroatoms. The lowest BCUT2D eigenvalue weighted by Crippen LogP contribution is -2.04. The van der Waals surface area contributed by atoms with Gasteiger partial charge in [0.1, 0.15) is 11.5 Å². The molecule has 0 aromatic carbocycles. The van der Waals surface area contributed by atoms with E-state index in [2.05, 4.69) is 19.0 Å². The van der Waals surface area contributed by atoms with E-state index in [4.69, 9.17) is 0 Å². The number of hydrogen-bond donors (Lipinski definition) is 1. The quantitative estimate of drug-likeness (QED) is 0.848. The van der Waals surface area contributed by atoms with Gasteiger partial charge in [0.05, 0.1) is 18.1 Å². The fourth-order valence-corrected chi connectivity index (χ4v) is 1.88. The number of aryl methyl sites for hydroxylation is 1. The maximum atomic E-state index is 4.27. The minimum atomic E-state index is 0.725. The van der Waals surface area contributed by atoms with E-state index in [0.29, 0.717) is 0 Å². The lowest BCUT2D eigenvalue weighted by molar-refractivity contribution is 0.815. The van der Waals surface area contributed by atoms with Crippen LogP contribution < -0.4 is 5.32 Å². The zero-order chi connectivity index (χ0) is 10.7. The zero-order valence-electron chi connectivity index (χ0n) is 8.77. The fraction of sp³-hybridized carbons (Fsp3) is 0.444. The molecular formula is C9H13N5S. The Labute approximate surface area is 92.5 Å². The Morgan fingerprint density at radius 1 is 1.47 bits per heavy atom. The summed E-state index contributed by atoms with van der Waals surface area (Å²) in [6, 6.07) is 0. The van der Waals surface area contributed by atoms with Crippen LogP contribution >= 0.6 is 11.7 Å². The van der Waals surface area contributed by atoms with Gasteiger partial charge in [-0.1, -0.05) is 0 Å². The number of imidazole rings is 1. The van der Waals surface area contributed by atoms with Gasteiger partial charge < -0.3 is 9.88 Å². The molecule has 2 aromatic heterocycles. The van der Waals surface area contributed by atoms with Gasteiger partial charge in [0.25, 0.3) is 0 Å². The summed E-state index contributed by atoms with van der Waals surface area (Å²) in [5.41, 5.74) is 0.969. The molecule has 0 unspecified atom stereocenters. The van der Waals surface area contributed by atoms with Crippen molar-refractivity contribution in [2.24, 2.45) is 7.05 Å². The topological polar surface area (TPSA) is 55.6 Å². The van der Waals surface area contributed by atoms with Crippen molar-refractivity contribution in [1.29, 1.82) is 0 Å². The van der Waals surface area contributed by atoms with Crippen molar-refractivity contribution in [3.63, 3.8) is 0 Å². The molecule has 15 heavy (non-hydrogen) atoms. The molecule has 0 fully saturated rings. The first-order valence-corrected chi connectivity index (χ1v) is 5.55. The van der Waals surface area contributed by atoms with Crippen LogP contribution in [0.2, 0.25) is 0 Å². The highest BCUT2D eigenvalue weighted by Gasteiger charge is 2.10. The fourth-order valence-electron chi connectivity index (χ4n) is 1.34. The first-order valence-electron chi connectivity index (χ1n) is 4.82. The van der Waals surface area contributed by atoms with Crippen LogP contribution in [0.4, 0.5) is 5.82 Å². The number of anilines is 1. The normalized spacial score (nSPS) is 10.5. The molecule has 2 aromatic rings. The molecule has 0 atom stereocenters. The Bertz CT molecular complexity index is 433. The number of hydrogen-bond acceptors (Lipinski definition) is 5. The monoisotopic (exact) mass is 223 g/mol. The predicted octanol–water partition coefficient (Wildman–Crippen LogP) is 1.29. The van der Waals surface area contributed by atoms with Crippen LogP contribution in [0.1, 0.15) is 18.4 Å². The van der Waals surface area contributed by atoms with Crippen molar-refractivity contribution in [2.45, 2.75) is 13.3 Å². The molecule has 0 amide bonds. The van der Waals surface area contributed by atoms with E-state index in [1.165, 1.54) is 11.7 Å². The van der Waals surface area contributed by atoms with E-state index in [-0.39, 0.29) is 0 Å². The van der Waals surface area contributed by atoms with E-state index in [1.807, 2.05) is 24.7 Å². The Morgan fingerprint density at radius 2 is 2.33 bits per heavy atom. The van der Waals surface area contributed by atoms with E-state index >= 15 is 0 Å². The number of rotatable bonds is 4. The van der Waals surface area contributed by atoms with Gasteiger partial charge in [-0.15, -0.1) is 0 Å². The first kappa shape index (κ1) is 10.1. The Kier molecular flexibility index (Phi) is 2.96. The summed E-state index contributed by atoms with van der Waals surface area (Å²) in [6.45, 7) is 2.91. The maximum Gasteiger partial charge on any atom is 0.163 e. The average molecular weight is 223 g/mol. The average Bonchev–Trinajstić information content (AvgIpc) is 2.80. The van der Waals surface area contributed by atoms with Crippen LogP contribution in [0.5, 0.6) is 0 Å². The van der Waals surface area contributed by atoms with Crippen LogP contribution in [-0.4, -0.2) is 24.8 Å². The van der Waals surface area contributed by atoms with Crippen LogP contribution in [0.15, 0.2) is 12.4 Å². The lowest BCUT2D eigenvalue weighted by Gasteiger charge is -2.02. The molecular weight excluding hydrogens is 210 g/mol. The predicted molar refractivity (Wildman–Crippen MR) is 60.1 cm³/mol. The van der Waals surface area contributed by atoms with Gasteiger partial charge >= 0.3 is 0 Å². The van der Waals surface area contributed by atoms with Crippen molar-refractivity contribution in [2.75, 3.05) is 11.9 Å². The van der Waals surface area contributed by atoms with Crippen molar-refractivity contribution >= 4 is 17.5 Å². The molecule has 0 saturated carbocycles. The second-order valence-electron chi connectivity index (χ2n) is 3.22. The highest BCUT2D eigenvalue weighted by molar-refractivity contribution is 6.99. The molecule has 2 rings (SSSR count). The summed E-state index contributed by atoms with van der Waals surface area (Å²) < 4.78 is 10.5. The van der Waals surface area contributed by atoms with Crippen molar-refractivity contribution in [3.8, 4) is 0 Å². The molecule has 2 heterocycles. The van der Waals surface area contributed by atoms with Crippen LogP contribution in [-0.2, 0) is 13.5 Å². The molecule has 0 saturated heterocycles. The third kappa shape index (κ3) is 2.15. The van der Waals surface area contributed by atoms with Gasteiger partial charge in [0.15, 0.2) is 5.82 Å². The number of nitrogens with zero attached hydrogens (tertiary/aromatic N) is 4. The zero-order valence-corrected chi connectivity index (χ0v) is 9.58.